The predicted octanol–water partition coefficient (Wildman–Crippen LogP) is 3.18. The minimum Gasteiger partial charge on any atom is -0.493 e. The van der Waals surface area contributed by atoms with Crippen molar-refractivity contribution in [3.63, 3.8) is 0 Å². The fourth-order valence-electron chi connectivity index (χ4n) is 3.07. The van der Waals surface area contributed by atoms with Gasteiger partial charge in [0, 0.05) is 39.2 Å². The van der Waals surface area contributed by atoms with Crippen LogP contribution in [0.2, 0.25) is 0 Å². The summed E-state index contributed by atoms with van der Waals surface area (Å²) < 4.78 is 11.1. The molecule has 2 N–H and O–H groups in total. The molecule has 0 aliphatic carbocycles. The van der Waals surface area contributed by atoms with Crippen molar-refractivity contribution < 1.29 is 14.3 Å². The van der Waals surface area contributed by atoms with Gasteiger partial charge in [0.15, 0.2) is 5.96 Å². The van der Waals surface area contributed by atoms with Crippen LogP contribution < -0.4 is 15.4 Å². The van der Waals surface area contributed by atoms with Crippen LogP contribution in [0.25, 0.3) is 0 Å². The molecule has 7 nitrogen and oxygen atoms in total. The number of nitrogens with one attached hydrogen (secondary N) is 2. The van der Waals surface area contributed by atoms with Crippen LogP contribution in [0.4, 0.5) is 4.79 Å². The van der Waals surface area contributed by atoms with E-state index < -0.39 is 5.60 Å². The Morgan fingerprint density at radius 2 is 2.11 bits per heavy atom. The van der Waals surface area contributed by atoms with Crippen molar-refractivity contribution in [3.05, 3.63) is 29.8 Å². The molecule has 1 amide bonds. The minimum atomic E-state index is -0.487. The first-order valence-corrected chi connectivity index (χ1v) is 9.82. The van der Waals surface area contributed by atoms with Crippen molar-refractivity contribution in [2.24, 2.45) is 10.9 Å². The zero-order valence-corrected chi connectivity index (χ0v) is 17.9. The summed E-state index contributed by atoms with van der Waals surface area (Å²) in [4.78, 5) is 18.1. The average Bonchev–Trinajstić information content (AvgIpc) is 2.63. The van der Waals surface area contributed by atoms with E-state index in [0.717, 1.165) is 23.7 Å². The number of hydrogen-bond acceptors (Lipinski definition) is 4. The highest BCUT2D eigenvalue weighted by atomic mass is 16.6. The molecule has 0 fully saturated rings. The molecule has 7 heteroatoms. The van der Waals surface area contributed by atoms with Crippen LogP contribution in [-0.4, -0.2) is 56.3 Å². The largest absolute Gasteiger partial charge is 0.493 e. The Morgan fingerprint density at radius 1 is 1.39 bits per heavy atom. The van der Waals surface area contributed by atoms with Crippen LogP contribution in [0.3, 0.4) is 0 Å². The molecule has 0 bridgehead atoms. The summed E-state index contributed by atoms with van der Waals surface area (Å²) >= 11 is 0. The van der Waals surface area contributed by atoms with Crippen LogP contribution in [0, 0.1) is 5.92 Å². The van der Waals surface area contributed by atoms with E-state index in [1.165, 1.54) is 0 Å². The summed E-state index contributed by atoms with van der Waals surface area (Å²) in [6.07, 6.45) is 0.579. The monoisotopic (exact) mass is 390 g/mol. The number of nitrogens with zero attached hydrogens (tertiary/aromatic N) is 2. The molecule has 1 aliphatic heterocycles. The summed E-state index contributed by atoms with van der Waals surface area (Å²) in [6.45, 7) is 9.67. The Kier molecular flexibility index (Phi) is 7.54. The van der Waals surface area contributed by atoms with Gasteiger partial charge in [0.2, 0.25) is 0 Å². The second-order valence-corrected chi connectivity index (χ2v) is 8.29. The number of benzene rings is 1. The quantitative estimate of drug-likeness (QED) is 0.597. The SMILES string of the molecule is CN=C(NCC(C)CN(C)C(=O)OC(C)(C)C)NC1CCOc2ccccc21. The lowest BCUT2D eigenvalue weighted by atomic mass is 10.0. The fraction of sp³-hybridized carbons (Fsp3) is 0.619. The molecule has 1 heterocycles. The van der Waals surface area contributed by atoms with Gasteiger partial charge in [-0.2, -0.15) is 0 Å². The standard InChI is InChI=1S/C21H34N4O3/c1-15(14-25(6)20(26)28-21(2,3)4)13-23-19(22-5)24-17-11-12-27-18-10-8-7-9-16(17)18/h7-10,15,17H,11-14H2,1-6H3,(H2,22,23,24). The second kappa shape index (κ2) is 9.66. The summed E-state index contributed by atoms with van der Waals surface area (Å²) in [5.74, 6) is 1.90. The van der Waals surface area contributed by atoms with Gasteiger partial charge < -0.3 is 25.0 Å². The third-order valence-electron chi connectivity index (χ3n) is 4.40. The van der Waals surface area contributed by atoms with E-state index in [4.69, 9.17) is 9.47 Å². The van der Waals surface area contributed by atoms with Crippen LogP contribution in [0.15, 0.2) is 29.3 Å². The van der Waals surface area contributed by atoms with E-state index >= 15 is 0 Å². The third-order valence-corrected chi connectivity index (χ3v) is 4.40. The maximum absolute atomic E-state index is 12.1. The van der Waals surface area contributed by atoms with Crippen LogP contribution in [0.1, 0.15) is 45.7 Å². The number of ether oxygens (including phenoxy) is 2. The molecule has 156 valence electrons. The van der Waals surface area contributed by atoms with Crippen LogP contribution in [0.5, 0.6) is 5.75 Å². The predicted molar refractivity (Wildman–Crippen MR) is 112 cm³/mol. The lowest BCUT2D eigenvalue weighted by Gasteiger charge is -2.29. The Bertz CT molecular complexity index is 684. The number of guanidine groups is 1. The lowest BCUT2D eigenvalue weighted by molar-refractivity contribution is 0.0278. The Balaban J connectivity index is 1.83. The maximum Gasteiger partial charge on any atom is 0.410 e. The maximum atomic E-state index is 12.1. The van der Waals surface area contributed by atoms with Crippen molar-refractivity contribution in [1.29, 1.82) is 0 Å². The van der Waals surface area contributed by atoms with Crippen molar-refractivity contribution >= 4 is 12.1 Å². The Hall–Kier alpha value is -2.44. The molecule has 1 aromatic rings. The molecule has 0 radical (unpaired) electrons. The number of amides is 1. The zero-order valence-electron chi connectivity index (χ0n) is 17.9. The first-order valence-electron chi connectivity index (χ1n) is 9.82. The summed E-state index contributed by atoms with van der Waals surface area (Å²) in [5, 5.41) is 6.84. The van der Waals surface area contributed by atoms with E-state index in [1.807, 2.05) is 39.0 Å². The van der Waals surface area contributed by atoms with E-state index in [2.05, 4.69) is 28.6 Å². The molecule has 2 unspecified atom stereocenters. The molecular formula is C21H34N4O3. The van der Waals surface area contributed by atoms with Gasteiger partial charge in [-0.05, 0) is 32.8 Å². The van der Waals surface area contributed by atoms with E-state index in [9.17, 15) is 4.79 Å². The third kappa shape index (κ3) is 6.62. The average molecular weight is 391 g/mol. The van der Waals surface area contributed by atoms with Gasteiger partial charge in [-0.3, -0.25) is 4.99 Å². The molecule has 28 heavy (non-hydrogen) atoms. The minimum absolute atomic E-state index is 0.163. The molecule has 0 aromatic heterocycles. The van der Waals surface area contributed by atoms with Gasteiger partial charge >= 0.3 is 6.09 Å². The summed E-state index contributed by atoms with van der Waals surface area (Å²) in [5.41, 5.74) is 0.660. The number of carbonyl (C=O) groups excluding carboxylic acids is 1. The molecule has 2 atom stereocenters. The Morgan fingerprint density at radius 3 is 2.79 bits per heavy atom. The topological polar surface area (TPSA) is 75.2 Å². The number of aliphatic imine (C=N–C) groups is 1. The molecule has 0 spiro atoms. The number of carbonyl (C=O) groups is 1. The molecule has 1 aromatic carbocycles. The summed E-state index contributed by atoms with van der Waals surface area (Å²) in [7, 11) is 3.52. The summed E-state index contributed by atoms with van der Waals surface area (Å²) in [6, 6.07) is 8.24. The highest BCUT2D eigenvalue weighted by Crippen LogP contribution is 2.31. The van der Waals surface area contributed by atoms with Gasteiger partial charge in [0.25, 0.3) is 0 Å². The fourth-order valence-corrected chi connectivity index (χ4v) is 3.07. The molecular weight excluding hydrogens is 356 g/mol. The van der Waals surface area contributed by atoms with Gasteiger partial charge in [-0.25, -0.2) is 4.79 Å². The number of rotatable bonds is 5. The Labute approximate surface area is 168 Å². The first-order chi connectivity index (χ1) is 13.2. The number of fused-ring (bicyclic) bond motifs is 1. The van der Waals surface area contributed by atoms with Gasteiger partial charge in [-0.15, -0.1) is 0 Å². The van der Waals surface area contributed by atoms with Gasteiger partial charge in [0.05, 0.1) is 12.6 Å². The van der Waals surface area contributed by atoms with Crippen molar-refractivity contribution in [1.82, 2.24) is 15.5 Å². The first kappa shape index (κ1) is 21.9. The van der Waals surface area contributed by atoms with Gasteiger partial charge in [0.1, 0.15) is 11.4 Å². The molecule has 2 rings (SSSR count). The van der Waals surface area contributed by atoms with Crippen molar-refractivity contribution in [2.75, 3.05) is 33.8 Å². The zero-order chi connectivity index (χ0) is 20.7. The second-order valence-electron chi connectivity index (χ2n) is 8.29. The van der Waals surface area contributed by atoms with E-state index in [0.29, 0.717) is 19.7 Å². The van der Waals surface area contributed by atoms with Crippen molar-refractivity contribution in [2.45, 2.75) is 45.8 Å². The number of para-hydroxylation sites is 1. The smallest absolute Gasteiger partial charge is 0.410 e. The van der Waals surface area contributed by atoms with E-state index in [1.54, 1.807) is 19.0 Å². The van der Waals surface area contributed by atoms with E-state index in [-0.39, 0.29) is 18.1 Å². The molecule has 0 saturated carbocycles. The number of hydrogen-bond donors (Lipinski definition) is 2. The molecule has 0 saturated heterocycles. The van der Waals surface area contributed by atoms with Crippen LogP contribution in [-0.2, 0) is 4.74 Å². The van der Waals surface area contributed by atoms with Crippen LogP contribution >= 0.6 is 0 Å². The molecule has 1 aliphatic rings. The van der Waals surface area contributed by atoms with Gasteiger partial charge in [-0.1, -0.05) is 25.1 Å². The lowest BCUT2D eigenvalue weighted by Crippen LogP contribution is -2.44. The highest BCUT2D eigenvalue weighted by Gasteiger charge is 2.23. The normalized spacial score (nSPS) is 17.8. The van der Waals surface area contributed by atoms with Crippen molar-refractivity contribution in [3.8, 4) is 5.75 Å². The highest BCUT2D eigenvalue weighted by molar-refractivity contribution is 5.80.